The van der Waals surface area contributed by atoms with Crippen LogP contribution >= 0.6 is 0 Å². The summed E-state index contributed by atoms with van der Waals surface area (Å²) in [4.78, 5) is 52.9. The Morgan fingerprint density at radius 3 is 2.17 bits per heavy atom. The molecule has 23 heavy (non-hydrogen) atoms. The summed E-state index contributed by atoms with van der Waals surface area (Å²) in [5.41, 5.74) is -0.0565. The molecule has 2 aromatic rings. The van der Waals surface area contributed by atoms with Crippen molar-refractivity contribution in [3.05, 3.63) is 69.6 Å². The summed E-state index contributed by atoms with van der Waals surface area (Å²) in [5, 5.41) is 0.415. The van der Waals surface area contributed by atoms with Crippen LogP contribution in [0.3, 0.4) is 0 Å². The van der Waals surface area contributed by atoms with Gasteiger partial charge in [-0.15, -0.1) is 0 Å². The third kappa shape index (κ3) is 2.42. The number of imide groups is 1. The minimum absolute atomic E-state index is 0.0312. The number of carbonyl (C=O) groups is 3. The van der Waals surface area contributed by atoms with E-state index in [1.807, 2.05) is 0 Å². The zero-order chi connectivity index (χ0) is 16.6. The Kier molecular flexibility index (Phi) is 3.53. The van der Waals surface area contributed by atoms with E-state index in [-0.39, 0.29) is 22.2 Å². The Hall–Kier alpha value is -3.22. The number of rotatable bonds is 3. The highest BCUT2D eigenvalue weighted by atomic mass is 16.7. The average molecular weight is 312 g/mol. The first kappa shape index (κ1) is 14.7. The van der Waals surface area contributed by atoms with E-state index >= 15 is 0 Å². The molecule has 7 heteroatoms. The van der Waals surface area contributed by atoms with Gasteiger partial charge in [0.15, 0.2) is 0 Å². The van der Waals surface area contributed by atoms with Crippen molar-refractivity contribution < 1.29 is 19.2 Å². The summed E-state index contributed by atoms with van der Waals surface area (Å²) in [5.74, 6) is -2.36. The highest BCUT2D eigenvalue weighted by Crippen LogP contribution is 2.23. The quantitative estimate of drug-likeness (QED) is 0.796. The molecule has 2 amide bonds. The predicted octanol–water partition coefficient (Wildman–Crippen LogP) is 1.24. The molecule has 0 N–H and O–H groups in total. The Labute approximate surface area is 130 Å². The van der Waals surface area contributed by atoms with Crippen molar-refractivity contribution in [3.63, 3.8) is 0 Å². The molecule has 0 atom stereocenters. The van der Waals surface area contributed by atoms with Crippen LogP contribution in [0.4, 0.5) is 0 Å². The van der Waals surface area contributed by atoms with Crippen LogP contribution in [0, 0.1) is 0 Å². The molecule has 3 rings (SSSR count). The predicted molar refractivity (Wildman–Crippen MR) is 78.7 cm³/mol. The van der Waals surface area contributed by atoms with Gasteiger partial charge in [-0.25, -0.2) is 4.79 Å². The fourth-order valence-electron chi connectivity index (χ4n) is 2.28. The molecule has 0 radical (unpaired) electrons. The van der Waals surface area contributed by atoms with E-state index in [1.54, 1.807) is 19.1 Å². The molecule has 0 unspecified atom stereocenters. The molecule has 2 heterocycles. The van der Waals surface area contributed by atoms with Crippen LogP contribution in [0.2, 0.25) is 0 Å². The van der Waals surface area contributed by atoms with Gasteiger partial charge in [-0.05, 0) is 25.1 Å². The number of aryl methyl sites for hydroxylation is 1. The molecule has 0 bridgehead atoms. The molecular weight excluding hydrogens is 300 g/mol. The molecule has 0 spiro atoms. The van der Waals surface area contributed by atoms with Crippen LogP contribution in [-0.4, -0.2) is 27.4 Å². The van der Waals surface area contributed by atoms with Gasteiger partial charge < -0.3 is 9.40 Å². The number of hydrogen-bond donors (Lipinski definition) is 0. The lowest BCUT2D eigenvalue weighted by Crippen LogP contribution is -2.33. The van der Waals surface area contributed by atoms with Crippen LogP contribution in [0.5, 0.6) is 0 Å². The number of benzene rings is 1. The normalized spacial score (nSPS) is 13.2. The summed E-state index contributed by atoms with van der Waals surface area (Å²) in [6, 6.07) is 8.67. The van der Waals surface area contributed by atoms with Gasteiger partial charge in [0.05, 0.1) is 16.7 Å². The maximum atomic E-state index is 12.1. The second-order valence-corrected chi connectivity index (χ2v) is 4.87. The molecule has 1 aromatic carbocycles. The molecule has 1 aliphatic rings. The molecule has 1 aliphatic heterocycles. The molecule has 0 fully saturated rings. The second kappa shape index (κ2) is 5.53. The molecule has 0 saturated heterocycles. The van der Waals surface area contributed by atoms with E-state index < -0.39 is 17.8 Å². The highest BCUT2D eigenvalue weighted by molar-refractivity contribution is 6.21. The van der Waals surface area contributed by atoms with E-state index in [9.17, 15) is 19.2 Å². The number of hydroxylamine groups is 2. The molecular formula is C16H12N2O5. The van der Waals surface area contributed by atoms with Gasteiger partial charge in [-0.2, -0.15) is 0 Å². The van der Waals surface area contributed by atoms with Crippen LogP contribution < -0.4 is 5.56 Å². The van der Waals surface area contributed by atoms with Crippen molar-refractivity contribution in [2.45, 2.75) is 13.5 Å². The Morgan fingerprint density at radius 2 is 1.65 bits per heavy atom. The molecule has 0 aliphatic carbocycles. The van der Waals surface area contributed by atoms with Gasteiger partial charge in [-0.1, -0.05) is 17.2 Å². The maximum Gasteiger partial charge on any atom is 0.364 e. The molecule has 7 nitrogen and oxygen atoms in total. The van der Waals surface area contributed by atoms with E-state index in [4.69, 9.17) is 4.84 Å². The van der Waals surface area contributed by atoms with Gasteiger partial charge >= 0.3 is 5.97 Å². The number of carbonyl (C=O) groups excluding carboxylic acids is 3. The first-order chi connectivity index (χ1) is 11.0. The summed E-state index contributed by atoms with van der Waals surface area (Å²) in [6.07, 6.45) is 1.45. The first-order valence-electron chi connectivity index (χ1n) is 6.93. The minimum atomic E-state index is -0.945. The van der Waals surface area contributed by atoms with Gasteiger partial charge in [0, 0.05) is 18.8 Å². The molecule has 1 aromatic heterocycles. The molecule has 0 saturated carbocycles. The van der Waals surface area contributed by atoms with Gasteiger partial charge in [0.2, 0.25) is 0 Å². The lowest BCUT2D eigenvalue weighted by atomic mass is 10.1. The highest BCUT2D eigenvalue weighted by Gasteiger charge is 2.38. The zero-order valence-electron chi connectivity index (χ0n) is 12.2. The minimum Gasteiger partial charge on any atom is -0.324 e. The van der Waals surface area contributed by atoms with Crippen LogP contribution in [0.15, 0.2) is 47.4 Å². The number of nitrogens with zero attached hydrogens (tertiary/aromatic N) is 2. The maximum absolute atomic E-state index is 12.1. The van der Waals surface area contributed by atoms with E-state index in [2.05, 4.69) is 0 Å². The lowest BCUT2D eigenvalue weighted by Gasteiger charge is -2.12. The topological polar surface area (TPSA) is 85.7 Å². The van der Waals surface area contributed by atoms with Crippen molar-refractivity contribution in [3.8, 4) is 0 Å². The summed E-state index contributed by atoms with van der Waals surface area (Å²) >= 11 is 0. The van der Waals surface area contributed by atoms with Crippen molar-refractivity contribution >= 4 is 17.8 Å². The van der Waals surface area contributed by atoms with E-state index in [1.165, 1.54) is 29.0 Å². The first-order valence-corrected chi connectivity index (χ1v) is 6.93. The number of hydrogen-bond acceptors (Lipinski definition) is 5. The standard InChI is InChI=1S/C16H12N2O5/c1-2-17-8-7-10(9-13(17)19)16(22)23-18-14(20)11-5-3-4-6-12(11)15(18)21/h3-9H,2H2,1H3. The Balaban J connectivity index is 1.84. The van der Waals surface area contributed by atoms with Crippen molar-refractivity contribution in [2.24, 2.45) is 0 Å². The summed E-state index contributed by atoms with van der Waals surface area (Å²) < 4.78 is 1.40. The van der Waals surface area contributed by atoms with Crippen LogP contribution in [-0.2, 0) is 11.4 Å². The Morgan fingerprint density at radius 1 is 1.04 bits per heavy atom. The van der Waals surface area contributed by atoms with Gasteiger partial charge in [0.1, 0.15) is 0 Å². The number of aromatic nitrogens is 1. The van der Waals surface area contributed by atoms with Crippen LogP contribution in [0.25, 0.3) is 0 Å². The molecule has 116 valence electrons. The zero-order valence-corrected chi connectivity index (χ0v) is 12.2. The number of amides is 2. The fraction of sp³-hybridized carbons (Fsp3) is 0.125. The van der Waals surface area contributed by atoms with Gasteiger partial charge in [0.25, 0.3) is 17.4 Å². The number of fused-ring (bicyclic) bond motifs is 1. The second-order valence-electron chi connectivity index (χ2n) is 4.87. The fourth-order valence-corrected chi connectivity index (χ4v) is 2.28. The average Bonchev–Trinajstić information content (AvgIpc) is 2.80. The monoisotopic (exact) mass is 312 g/mol. The largest absolute Gasteiger partial charge is 0.364 e. The van der Waals surface area contributed by atoms with Gasteiger partial charge in [-0.3, -0.25) is 14.4 Å². The van der Waals surface area contributed by atoms with E-state index in [0.29, 0.717) is 11.6 Å². The Bertz CT molecular complexity index is 849. The smallest absolute Gasteiger partial charge is 0.324 e. The third-order valence-corrected chi connectivity index (χ3v) is 3.50. The summed E-state index contributed by atoms with van der Waals surface area (Å²) in [6.45, 7) is 2.25. The van der Waals surface area contributed by atoms with Crippen molar-refractivity contribution in [1.82, 2.24) is 9.63 Å². The summed E-state index contributed by atoms with van der Waals surface area (Å²) in [7, 11) is 0. The van der Waals surface area contributed by atoms with Crippen molar-refractivity contribution in [1.29, 1.82) is 0 Å². The lowest BCUT2D eigenvalue weighted by molar-refractivity contribution is -0.0584. The van der Waals surface area contributed by atoms with Crippen molar-refractivity contribution in [2.75, 3.05) is 0 Å². The van der Waals surface area contributed by atoms with E-state index in [0.717, 1.165) is 6.07 Å². The number of pyridine rings is 1. The third-order valence-electron chi connectivity index (χ3n) is 3.50. The van der Waals surface area contributed by atoms with Crippen LogP contribution in [0.1, 0.15) is 38.0 Å². The SMILES string of the molecule is CCn1ccc(C(=O)ON2C(=O)c3ccccc3C2=O)cc1=O.